The lowest BCUT2D eigenvalue weighted by Gasteiger charge is -2.23. The summed E-state index contributed by atoms with van der Waals surface area (Å²) in [6, 6.07) is 3.12. The highest BCUT2D eigenvalue weighted by molar-refractivity contribution is 5.99. The van der Waals surface area contributed by atoms with Crippen LogP contribution in [0.15, 0.2) is 18.2 Å². The van der Waals surface area contributed by atoms with Crippen molar-refractivity contribution < 1.29 is 13.6 Å². The second kappa shape index (κ2) is 4.65. The fraction of sp³-hybridized carbons (Fsp3) is 0.462. The van der Waals surface area contributed by atoms with Crippen molar-refractivity contribution in [1.29, 1.82) is 0 Å². The number of halogens is 2. The Bertz CT molecular complexity index is 472. The SMILES string of the molecule is CNCC1(C(=O)N(C)c2cc(F)ccc2F)CC1. The van der Waals surface area contributed by atoms with Crippen molar-refractivity contribution >= 4 is 11.6 Å². The van der Waals surface area contributed by atoms with E-state index in [-0.39, 0.29) is 11.6 Å². The Hall–Kier alpha value is -1.49. The number of nitrogens with zero attached hydrogens (tertiary/aromatic N) is 1. The van der Waals surface area contributed by atoms with E-state index in [9.17, 15) is 13.6 Å². The largest absolute Gasteiger partial charge is 0.319 e. The maximum absolute atomic E-state index is 13.6. The Balaban J connectivity index is 2.23. The molecule has 0 saturated heterocycles. The van der Waals surface area contributed by atoms with Gasteiger partial charge in [-0.2, -0.15) is 0 Å². The highest BCUT2D eigenvalue weighted by atomic mass is 19.1. The lowest BCUT2D eigenvalue weighted by molar-refractivity contribution is -0.123. The minimum atomic E-state index is -0.590. The van der Waals surface area contributed by atoms with E-state index in [1.54, 1.807) is 7.05 Å². The molecule has 1 aliphatic rings. The normalized spacial score (nSPS) is 16.4. The van der Waals surface area contributed by atoms with Crippen LogP contribution in [0.3, 0.4) is 0 Å². The average molecular weight is 254 g/mol. The zero-order chi connectivity index (χ0) is 13.3. The lowest BCUT2D eigenvalue weighted by Crippen LogP contribution is -2.39. The van der Waals surface area contributed by atoms with Crippen LogP contribution in [0.2, 0.25) is 0 Å². The first-order valence-corrected chi connectivity index (χ1v) is 5.88. The maximum atomic E-state index is 13.6. The summed E-state index contributed by atoms with van der Waals surface area (Å²) in [5, 5.41) is 2.97. The third-order valence-corrected chi connectivity index (χ3v) is 3.40. The van der Waals surface area contributed by atoms with Gasteiger partial charge in [-0.05, 0) is 32.0 Å². The van der Waals surface area contributed by atoms with Gasteiger partial charge in [0.15, 0.2) is 0 Å². The summed E-state index contributed by atoms with van der Waals surface area (Å²) >= 11 is 0. The molecule has 1 N–H and O–H groups in total. The van der Waals surface area contributed by atoms with Gasteiger partial charge in [-0.15, -0.1) is 0 Å². The van der Waals surface area contributed by atoms with E-state index < -0.39 is 17.0 Å². The molecule has 1 aromatic rings. The summed E-state index contributed by atoms with van der Waals surface area (Å²) in [7, 11) is 3.26. The van der Waals surface area contributed by atoms with Crippen molar-refractivity contribution in [3.63, 3.8) is 0 Å². The Morgan fingerprint density at radius 1 is 1.44 bits per heavy atom. The Morgan fingerprint density at radius 3 is 2.67 bits per heavy atom. The zero-order valence-electron chi connectivity index (χ0n) is 10.5. The number of benzene rings is 1. The summed E-state index contributed by atoms with van der Waals surface area (Å²) in [5.74, 6) is -1.31. The second-order valence-corrected chi connectivity index (χ2v) is 4.77. The third-order valence-electron chi connectivity index (χ3n) is 3.40. The van der Waals surface area contributed by atoms with Gasteiger partial charge in [-0.25, -0.2) is 8.78 Å². The summed E-state index contributed by atoms with van der Waals surface area (Å²) in [4.78, 5) is 13.5. The minimum Gasteiger partial charge on any atom is -0.319 e. The number of hydrogen-bond acceptors (Lipinski definition) is 2. The number of nitrogens with one attached hydrogen (secondary N) is 1. The van der Waals surface area contributed by atoms with Crippen LogP contribution in [0, 0.1) is 17.0 Å². The number of rotatable bonds is 4. The predicted molar refractivity (Wildman–Crippen MR) is 65.4 cm³/mol. The van der Waals surface area contributed by atoms with Gasteiger partial charge in [-0.1, -0.05) is 0 Å². The highest BCUT2D eigenvalue weighted by Gasteiger charge is 2.50. The molecule has 18 heavy (non-hydrogen) atoms. The second-order valence-electron chi connectivity index (χ2n) is 4.77. The first-order chi connectivity index (χ1) is 8.50. The molecule has 0 atom stereocenters. The standard InChI is InChI=1S/C13H16F2N2O/c1-16-8-13(5-6-13)12(18)17(2)11-7-9(14)3-4-10(11)15/h3-4,7,16H,5-6,8H2,1-2H3. The fourth-order valence-corrected chi connectivity index (χ4v) is 2.16. The van der Waals surface area contributed by atoms with Gasteiger partial charge in [0.05, 0.1) is 11.1 Å². The van der Waals surface area contributed by atoms with E-state index in [1.165, 1.54) is 11.9 Å². The van der Waals surface area contributed by atoms with E-state index in [1.807, 2.05) is 0 Å². The van der Waals surface area contributed by atoms with Crippen molar-refractivity contribution in [3.8, 4) is 0 Å². The molecule has 5 heteroatoms. The lowest BCUT2D eigenvalue weighted by atomic mass is 10.1. The van der Waals surface area contributed by atoms with E-state index in [0.717, 1.165) is 31.0 Å². The van der Waals surface area contributed by atoms with Crippen LogP contribution in [0.5, 0.6) is 0 Å². The molecule has 1 saturated carbocycles. The maximum Gasteiger partial charge on any atom is 0.234 e. The molecular formula is C13H16F2N2O. The van der Waals surface area contributed by atoms with E-state index in [2.05, 4.69) is 5.32 Å². The van der Waals surface area contributed by atoms with Crippen LogP contribution < -0.4 is 10.2 Å². The van der Waals surface area contributed by atoms with Crippen LogP contribution in [0.1, 0.15) is 12.8 Å². The molecular weight excluding hydrogens is 238 g/mol. The molecule has 0 aliphatic heterocycles. The van der Waals surface area contributed by atoms with Crippen molar-refractivity contribution in [1.82, 2.24) is 5.32 Å². The van der Waals surface area contributed by atoms with Crippen LogP contribution in [0.4, 0.5) is 14.5 Å². The Morgan fingerprint density at radius 2 is 2.11 bits per heavy atom. The Kier molecular flexibility index (Phi) is 3.34. The number of carbonyl (C=O) groups excluding carboxylic acids is 1. The zero-order valence-corrected chi connectivity index (χ0v) is 10.5. The van der Waals surface area contributed by atoms with Crippen molar-refractivity contribution in [2.24, 2.45) is 5.41 Å². The monoisotopic (exact) mass is 254 g/mol. The quantitative estimate of drug-likeness (QED) is 0.890. The minimum absolute atomic E-state index is 0.0117. The van der Waals surface area contributed by atoms with Gasteiger partial charge in [0.2, 0.25) is 5.91 Å². The van der Waals surface area contributed by atoms with E-state index >= 15 is 0 Å². The van der Waals surface area contributed by atoms with Crippen molar-refractivity contribution in [3.05, 3.63) is 29.8 Å². The molecule has 98 valence electrons. The first-order valence-electron chi connectivity index (χ1n) is 5.88. The van der Waals surface area contributed by atoms with Crippen LogP contribution in [-0.4, -0.2) is 26.5 Å². The molecule has 0 bridgehead atoms. The topological polar surface area (TPSA) is 32.3 Å². The van der Waals surface area contributed by atoms with Crippen LogP contribution in [-0.2, 0) is 4.79 Å². The van der Waals surface area contributed by atoms with Gasteiger partial charge in [-0.3, -0.25) is 4.79 Å². The molecule has 1 amide bonds. The molecule has 1 fully saturated rings. The molecule has 0 heterocycles. The number of amides is 1. The molecule has 1 aromatic carbocycles. The van der Waals surface area contributed by atoms with Crippen molar-refractivity contribution in [2.45, 2.75) is 12.8 Å². The van der Waals surface area contributed by atoms with Crippen LogP contribution >= 0.6 is 0 Å². The van der Waals surface area contributed by atoms with Gasteiger partial charge in [0.25, 0.3) is 0 Å². The van der Waals surface area contributed by atoms with Gasteiger partial charge >= 0.3 is 0 Å². The molecule has 2 rings (SSSR count). The van der Waals surface area contributed by atoms with Crippen LogP contribution in [0.25, 0.3) is 0 Å². The molecule has 1 aliphatic carbocycles. The fourth-order valence-electron chi connectivity index (χ4n) is 2.16. The summed E-state index contributed by atoms with van der Waals surface area (Å²) < 4.78 is 26.7. The van der Waals surface area contributed by atoms with Gasteiger partial charge in [0, 0.05) is 19.7 Å². The summed E-state index contributed by atoms with van der Waals surface area (Å²) in [6.45, 7) is 0.563. The first kappa shape index (κ1) is 13.0. The highest BCUT2D eigenvalue weighted by Crippen LogP contribution is 2.47. The molecule has 0 radical (unpaired) electrons. The Labute approximate surface area is 105 Å². The number of anilines is 1. The molecule has 0 unspecified atom stereocenters. The molecule has 0 aromatic heterocycles. The van der Waals surface area contributed by atoms with Crippen molar-refractivity contribution in [2.75, 3.05) is 25.5 Å². The molecule has 0 spiro atoms. The third kappa shape index (κ3) is 2.22. The summed E-state index contributed by atoms with van der Waals surface area (Å²) in [6.07, 6.45) is 1.57. The molecule has 3 nitrogen and oxygen atoms in total. The summed E-state index contributed by atoms with van der Waals surface area (Å²) in [5.41, 5.74) is -0.454. The van der Waals surface area contributed by atoms with Gasteiger partial charge < -0.3 is 10.2 Å². The smallest absolute Gasteiger partial charge is 0.234 e. The van der Waals surface area contributed by atoms with Gasteiger partial charge in [0.1, 0.15) is 11.6 Å². The average Bonchev–Trinajstić information content (AvgIpc) is 3.12. The number of hydrogen-bond donors (Lipinski definition) is 1. The number of carbonyl (C=O) groups is 1. The predicted octanol–water partition coefficient (Wildman–Crippen LogP) is 1.93. The van der Waals surface area contributed by atoms with E-state index in [0.29, 0.717) is 6.54 Å². The van der Waals surface area contributed by atoms with E-state index in [4.69, 9.17) is 0 Å².